The van der Waals surface area contributed by atoms with E-state index in [0.29, 0.717) is 6.04 Å². The molecule has 1 N–H and O–H groups in total. The smallest absolute Gasteiger partial charge is 0.0598 e. The fourth-order valence-electron chi connectivity index (χ4n) is 1.65. The highest BCUT2D eigenvalue weighted by Gasteiger charge is 2.11. The number of nitrogens with one attached hydrogen (secondary N) is 1. The molecule has 1 unspecified atom stereocenters. The van der Waals surface area contributed by atoms with Crippen molar-refractivity contribution in [3.05, 3.63) is 24.0 Å². The zero-order chi connectivity index (χ0) is 12.0. The molecular formula is C13H23N3. The third kappa shape index (κ3) is 3.20. The molecule has 1 heterocycles. The number of aromatic nitrogens is 1. The molecule has 3 heteroatoms. The maximum Gasteiger partial charge on any atom is 0.0598 e. The molecule has 0 bridgehead atoms. The fraction of sp³-hybridized carbons (Fsp3) is 0.615. The summed E-state index contributed by atoms with van der Waals surface area (Å²) in [6.45, 7) is 8.48. The minimum Gasteiger partial charge on any atom is -0.370 e. The molecule has 1 aromatic heterocycles. The molecule has 0 amide bonds. The maximum absolute atomic E-state index is 4.22. The topological polar surface area (TPSA) is 28.2 Å². The molecule has 90 valence electrons. The van der Waals surface area contributed by atoms with Crippen LogP contribution in [0.5, 0.6) is 0 Å². The van der Waals surface area contributed by atoms with E-state index in [-0.39, 0.29) is 0 Å². The summed E-state index contributed by atoms with van der Waals surface area (Å²) >= 11 is 0. The van der Waals surface area contributed by atoms with Crippen LogP contribution in [-0.4, -0.2) is 24.6 Å². The second-order valence-electron chi connectivity index (χ2n) is 4.15. The molecule has 1 rings (SSSR count). The van der Waals surface area contributed by atoms with Crippen LogP contribution in [0, 0.1) is 0 Å². The first-order chi connectivity index (χ1) is 7.70. The number of nitrogens with zero attached hydrogens (tertiary/aromatic N) is 2. The molecule has 0 saturated carbocycles. The summed E-state index contributed by atoms with van der Waals surface area (Å²) in [6.07, 6.45) is 4.96. The van der Waals surface area contributed by atoms with Crippen LogP contribution >= 0.6 is 0 Å². The third-order valence-electron chi connectivity index (χ3n) is 3.09. The molecule has 0 aliphatic rings. The highest BCUT2D eigenvalue weighted by atomic mass is 15.1. The van der Waals surface area contributed by atoms with E-state index in [0.717, 1.165) is 19.5 Å². The first-order valence-electron chi connectivity index (χ1n) is 6.07. The van der Waals surface area contributed by atoms with Gasteiger partial charge in [0, 0.05) is 25.8 Å². The molecule has 1 atom stereocenters. The Labute approximate surface area is 98.9 Å². The Bertz CT molecular complexity index is 312. The maximum atomic E-state index is 4.22. The van der Waals surface area contributed by atoms with Crippen LogP contribution < -0.4 is 10.2 Å². The van der Waals surface area contributed by atoms with E-state index < -0.39 is 0 Å². The molecule has 0 radical (unpaired) electrons. The second kappa shape index (κ2) is 6.48. The lowest BCUT2D eigenvalue weighted by Crippen LogP contribution is -2.29. The minimum atomic E-state index is 0.546. The highest BCUT2D eigenvalue weighted by Crippen LogP contribution is 2.20. The zero-order valence-electron chi connectivity index (χ0n) is 10.8. The molecule has 3 nitrogen and oxygen atoms in total. The van der Waals surface area contributed by atoms with Crippen molar-refractivity contribution in [1.29, 1.82) is 0 Å². The molecule has 16 heavy (non-hydrogen) atoms. The average Bonchev–Trinajstić information content (AvgIpc) is 2.34. The van der Waals surface area contributed by atoms with Gasteiger partial charge in [-0.25, -0.2) is 0 Å². The Kier molecular flexibility index (Phi) is 5.26. The molecule has 0 spiro atoms. The molecule has 0 aromatic carbocycles. The van der Waals surface area contributed by atoms with Crippen LogP contribution in [0.2, 0.25) is 0 Å². The minimum absolute atomic E-state index is 0.546. The van der Waals surface area contributed by atoms with Gasteiger partial charge in [-0.2, -0.15) is 0 Å². The van der Waals surface area contributed by atoms with Crippen molar-refractivity contribution < 1.29 is 0 Å². The second-order valence-corrected chi connectivity index (χ2v) is 4.15. The van der Waals surface area contributed by atoms with Crippen LogP contribution in [0.4, 0.5) is 5.69 Å². The van der Waals surface area contributed by atoms with Gasteiger partial charge >= 0.3 is 0 Å². The summed E-state index contributed by atoms with van der Waals surface area (Å²) in [5, 5.41) is 3.36. The monoisotopic (exact) mass is 221 g/mol. The summed E-state index contributed by atoms with van der Waals surface area (Å²) in [6, 6.07) is 2.64. The number of hydrogen-bond acceptors (Lipinski definition) is 3. The van der Waals surface area contributed by atoms with E-state index in [9.17, 15) is 0 Å². The number of hydrogen-bond donors (Lipinski definition) is 1. The lowest BCUT2D eigenvalue weighted by Gasteiger charge is -2.27. The van der Waals surface area contributed by atoms with E-state index in [2.05, 4.69) is 49.1 Å². The number of pyridine rings is 1. The van der Waals surface area contributed by atoms with Gasteiger partial charge in [-0.1, -0.05) is 13.8 Å². The van der Waals surface area contributed by atoms with Crippen LogP contribution in [0.25, 0.3) is 0 Å². The standard InChI is InChI=1S/C13H23N3/c1-5-11(3)16(4)13-10-15-8-7-12(13)9-14-6-2/h7-8,10-11,14H,5-6,9H2,1-4H3. The van der Waals surface area contributed by atoms with E-state index in [1.807, 2.05) is 12.4 Å². The van der Waals surface area contributed by atoms with Gasteiger partial charge in [-0.15, -0.1) is 0 Å². The zero-order valence-corrected chi connectivity index (χ0v) is 10.8. The summed E-state index contributed by atoms with van der Waals surface area (Å²) in [5.74, 6) is 0. The van der Waals surface area contributed by atoms with Crippen molar-refractivity contribution in [3.63, 3.8) is 0 Å². The first kappa shape index (κ1) is 13.0. The lowest BCUT2D eigenvalue weighted by atomic mass is 10.1. The van der Waals surface area contributed by atoms with Crippen molar-refractivity contribution in [2.45, 2.75) is 39.8 Å². The van der Waals surface area contributed by atoms with E-state index in [4.69, 9.17) is 0 Å². The molecule has 1 aromatic rings. The summed E-state index contributed by atoms with van der Waals surface area (Å²) in [4.78, 5) is 6.53. The van der Waals surface area contributed by atoms with Crippen LogP contribution in [0.3, 0.4) is 0 Å². The van der Waals surface area contributed by atoms with Gasteiger partial charge in [0.05, 0.1) is 11.9 Å². The summed E-state index contributed by atoms with van der Waals surface area (Å²) in [5.41, 5.74) is 2.55. The number of rotatable bonds is 6. The van der Waals surface area contributed by atoms with Gasteiger partial charge in [0.2, 0.25) is 0 Å². The van der Waals surface area contributed by atoms with Crippen molar-refractivity contribution in [3.8, 4) is 0 Å². The van der Waals surface area contributed by atoms with Crippen molar-refractivity contribution in [1.82, 2.24) is 10.3 Å². The van der Waals surface area contributed by atoms with Crippen molar-refractivity contribution in [2.75, 3.05) is 18.5 Å². The number of anilines is 1. The van der Waals surface area contributed by atoms with Gasteiger partial charge in [0.1, 0.15) is 0 Å². The Balaban J connectivity index is 2.84. The largest absolute Gasteiger partial charge is 0.370 e. The molecular weight excluding hydrogens is 198 g/mol. The van der Waals surface area contributed by atoms with Gasteiger partial charge < -0.3 is 10.2 Å². The molecule has 0 fully saturated rings. The van der Waals surface area contributed by atoms with Crippen molar-refractivity contribution >= 4 is 5.69 Å². The fourth-order valence-corrected chi connectivity index (χ4v) is 1.65. The average molecular weight is 221 g/mol. The van der Waals surface area contributed by atoms with E-state index >= 15 is 0 Å². The lowest BCUT2D eigenvalue weighted by molar-refractivity contribution is 0.653. The molecule has 0 aliphatic carbocycles. The van der Waals surface area contributed by atoms with E-state index in [1.165, 1.54) is 11.3 Å². The predicted molar refractivity (Wildman–Crippen MR) is 69.8 cm³/mol. The van der Waals surface area contributed by atoms with Gasteiger partial charge in [-0.05, 0) is 31.5 Å². The summed E-state index contributed by atoms with van der Waals surface area (Å²) in [7, 11) is 2.14. The van der Waals surface area contributed by atoms with Crippen LogP contribution in [0.1, 0.15) is 32.8 Å². The first-order valence-corrected chi connectivity index (χ1v) is 6.07. The van der Waals surface area contributed by atoms with Gasteiger partial charge in [-0.3, -0.25) is 4.98 Å². The Hall–Kier alpha value is -1.09. The predicted octanol–water partition coefficient (Wildman–Crippen LogP) is 2.43. The summed E-state index contributed by atoms with van der Waals surface area (Å²) < 4.78 is 0. The van der Waals surface area contributed by atoms with Crippen LogP contribution in [-0.2, 0) is 6.54 Å². The van der Waals surface area contributed by atoms with Gasteiger partial charge in [0.15, 0.2) is 0 Å². The molecule has 0 saturated heterocycles. The van der Waals surface area contributed by atoms with E-state index in [1.54, 1.807) is 0 Å². The Morgan fingerprint density at radius 3 is 2.81 bits per heavy atom. The molecule has 0 aliphatic heterocycles. The quantitative estimate of drug-likeness (QED) is 0.799. The van der Waals surface area contributed by atoms with Gasteiger partial charge in [0.25, 0.3) is 0 Å². The van der Waals surface area contributed by atoms with Crippen LogP contribution in [0.15, 0.2) is 18.5 Å². The SMILES string of the molecule is CCNCc1ccncc1N(C)C(C)CC. The Morgan fingerprint density at radius 1 is 1.44 bits per heavy atom. The normalized spacial score (nSPS) is 12.5. The third-order valence-corrected chi connectivity index (χ3v) is 3.09. The van der Waals surface area contributed by atoms with Crippen molar-refractivity contribution in [2.24, 2.45) is 0 Å². The highest BCUT2D eigenvalue weighted by molar-refractivity contribution is 5.51. The Morgan fingerprint density at radius 2 is 2.19 bits per heavy atom.